The predicted octanol–water partition coefficient (Wildman–Crippen LogP) is 2.88. The van der Waals surface area contributed by atoms with Gasteiger partial charge in [0.05, 0.1) is 6.10 Å². The van der Waals surface area contributed by atoms with E-state index in [0.29, 0.717) is 23.9 Å². The number of hydrogen-bond donors (Lipinski definition) is 1. The van der Waals surface area contributed by atoms with E-state index in [0.717, 1.165) is 19.4 Å². The summed E-state index contributed by atoms with van der Waals surface area (Å²) in [7, 11) is 2.21. The van der Waals surface area contributed by atoms with Gasteiger partial charge in [-0.05, 0) is 62.9 Å². The number of rotatable bonds is 2. The van der Waals surface area contributed by atoms with Crippen LogP contribution in [0, 0.1) is 0 Å². The van der Waals surface area contributed by atoms with E-state index in [4.69, 9.17) is 4.74 Å². The lowest BCUT2D eigenvalue weighted by Gasteiger charge is -2.38. The molecule has 1 aliphatic heterocycles. The molecule has 1 aromatic carbocycles. The summed E-state index contributed by atoms with van der Waals surface area (Å²) < 4.78 is 5.70. The van der Waals surface area contributed by atoms with Crippen molar-refractivity contribution < 1.29 is 9.84 Å². The third kappa shape index (κ3) is 2.37. The minimum atomic E-state index is 0.313. The van der Waals surface area contributed by atoms with E-state index in [2.05, 4.69) is 24.9 Å². The van der Waals surface area contributed by atoms with Crippen LogP contribution in [0.25, 0.3) is 0 Å². The van der Waals surface area contributed by atoms with Gasteiger partial charge >= 0.3 is 0 Å². The van der Waals surface area contributed by atoms with Crippen molar-refractivity contribution in [3.63, 3.8) is 0 Å². The maximum atomic E-state index is 9.76. The maximum Gasteiger partial charge on any atom is 0.115 e. The van der Waals surface area contributed by atoms with Crippen LogP contribution in [0.2, 0.25) is 0 Å². The highest BCUT2D eigenvalue weighted by Crippen LogP contribution is 2.38. The first kappa shape index (κ1) is 12.9. The molecule has 19 heavy (non-hydrogen) atoms. The molecule has 3 nitrogen and oxygen atoms in total. The smallest absolute Gasteiger partial charge is 0.115 e. The van der Waals surface area contributed by atoms with Crippen molar-refractivity contribution in [3.05, 3.63) is 29.3 Å². The Labute approximate surface area is 115 Å². The van der Waals surface area contributed by atoms with Gasteiger partial charge in [-0.2, -0.15) is 0 Å². The quantitative estimate of drug-likeness (QED) is 0.888. The highest BCUT2D eigenvalue weighted by atomic mass is 16.5. The molecule has 3 heteroatoms. The standard InChI is InChI=1S/C16H23NO2/c1-11-15(8-9-19-11)17(2)16-5-3-4-12-6-7-13(18)10-14(12)16/h6-7,10-11,15-16,18H,3-5,8-9H2,1-2H3. The molecular weight excluding hydrogens is 238 g/mol. The number of fused-ring (bicyclic) bond motifs is 1. The molecule has 1 aromatic rings. The molecule has 1 N–H and O–H groups in total. The van der Waals surface area contributed by atoms with Crippen molar-refractivity contribution in [1.29, 1.82) is 0 Å². The fourth-order valence-corrected chi connectivity index (χ4v) is 3.67. The summed E-state index contributed by atoms with van der Waals surface area (Å²) in [6.07, 6.45) is 4.97. The summed E-state index contributed by atoms with van der Waals surface area (Å²) >= 11 is 0. The number of ether oxygens (including phenoxy) is 1. The molecule has 0 radical (unpaired) electrons. The Bertz CT molecular complexity index is 460. The van der Waals surface area contributed by atoms with Gasteiger partial charge in [-0.15, -0.1) is 0 Å². The highest BCUT2D eigenvalue weighted by molar-refractivity contribution is 5.38. The van der Waals surface area contributed by atoms with Gasteiger partial charge in [-0.1, -0.05) is 6.07 Å². The first-order chi connectivity index (χ1) is 9.16. The van der Waals surface area contributed by atoms with Crippen LogP contribution in [0.4, 0.5) is 0 Å². The first-order valence-corrected chi connectivity index (χ1v) is 7.32. The molecule has 1 heterocycles. The molecule has 0 saturated carbocycles. The Hall–Kier alpha value is -1.06. The molecule has 2 aliphatic rings. The molecule has 0 spiro atoms. The van der Waals surface area contributed by atoms with Crippen LogP contribution < -0.4 is 0 Å². The number of hydrogen-bond acceptors (Lipinski definition) is 3. The number of aromatic hydroxyl groups is 1. The second kappa shape index (κ2) is 5.14. The largest absolute Gasteiger partial charge is 0.508 e. The van der Waals surface area contributed by atoms with Crippen LogP contribution >= 0.6 is 0 Å². The van der Waals surface area contributed by atoms with Crippen molar-refractivity contribution in [2.24, 2.45) is 0 Å². The third-order valence-corrected chi connectivity index (χ3v) is 4.76. The lowest BCUT2D eigenvalue weighted by Crippen LogP contribution is -2.40. The Morgan fingerprint density at radius 2 is 2.16 bits per heavy atom. The number of nitrogens with zero attached hydrogens (tertiary/aromatic N) is 1. The van der Waals surface area contributed by atoms with Crippen LogP contribution in [0.5, 0.6) is 5.75 Å². The van der Waals surface area contributed by atoms with Gasteiger partial charge in [-0.25, -0.2) is 0 Å². The van der Waals surface area contributed by atoms with E-state index in [1.807, 2.05) is 12.1 Å². The van der Waals surface area contributed by atoms with Crippen molar-refractivity contribution in [3.8, 4) is 5.75 Å². The number of aryl methyl sites for hydroxylation is 1. The van der Waals surface area contributed by atoms with Crippen LogP contribution in [0.3, 0.4) is 0 Å². The van der Waals surface area contributed by atoms with Gasteiger partial charge in [0.1, 0.15) is 5.75 Å². The molecule has 1 saturated heterocycles. The fourth-order valence-electron chi connectivity index (χ4n) is 3.67. The van der Waals surface area contributed by atoms with Gasteiger partial charge in [0.2, 0.25) is 0 Å². The predicted molar refractivity (Wildman–Crippen MR) is 75.4 cm³/mol. The summed E-state index contributed by atoms with van der Waals surface area (Å²) in [5, 5.41) is 9.76. The molecule has 0 bridgehead atoms. The SMILES string of the molecule is CC1OCCC1N(C)C1CCCc2ccc(O)cc21. The van der Waals surface area contributed by atoms with E-state index in [9.17, 15) is 5.11 Å². The molecule has 3 rings (SSSR count). The fraction of sp³-hybridized carbons (Fsp3) is 0.625. The number of likely N-dealkylation sites (N-methyl/N-ethyl adjacent to an activating group) is 1. The Balaban J connectivity index is 1.88. The van der Waals surface area contributed by atoms with Gasteiger partial charge in [0.15, 0.2) is 0 Å². The molecule has 3 unspecified atom stereocenters. The van der Waals surface area contributed by atoms with Gasteiger partial charge in [0, 0.05) is 18.7 Å². The van der Waals surface area contributed by atoms with E-state index in [1.54, 1.807) is 0 Å². The van der Waals surface area contributed by atoms with Crippen LogP contribution in [-0.2, 0) is 11.2 Å². The zero-order valence-electron chi connectivity index (χ0n) is 11.8. The lowest BCUT2D eigenvalue weighted by atomic mass is 9.86. The summed E-state index contributed by atoms with van der Waals surface area (Å²) in [6.45, 7) is 3.04. The normalized spacial score (nSPS) is 30.6. The average Bonchev–Trinajstić information content (AvgIpc) is 2.83. The van der Waals surface area contributed by atoms with Crippen molar-refractivity contribution >= 4 is 0 Å². The van der Waals surface area contributed by atoms with Gasteiger partial charge in [-0.3, -0.25) is 4.90 Å². The Morgan fingerprint density at radius 1 is 1.32 bits per heavy atom. The zero-order chi connectivity index (χ0) is 13.4. The van der Waals surface area contributed by atoms with Gasteiger partial charge in [0.25, 0.3) is 0 Å². The molecule has 104 valence electrons. The second-order valence-electron chi connectivity index (χ2n) is 5.89. The average molecular weight is 261 g/mol. The van der Waals surface area contributed by atoms with E-state index in [-0.39, 0.29) is 0 Å². The van der Waals surface area contributed by atoms with Crippen molar-refractivity contribution in [1.82, 2.24) is 4.90 Å². The maximum absolute atomic E-state index is 9.76. The van der Waals surface area contributed by atoms with E-state index >= 15 is 0 Å². The summed E-state index contributed by atoms with van der Waals surface area (Å²) in [4.78, 5) is 2.47. The molecule has 0 aromatic heterocycles. The third-order valence-electron chi connectivity index (χ3n) is 4.76. The van der Waals surface area contributed by atoms with E-state index < -0.39 is 0 Å². The van der Waals surface area contributed by atoms with Crippen molar-refractivity contribution in [2.75, 3.05) is 13.7 Å². The minimum Gasteiger partial charge on any atom is -0.508 e. The monoisotopic (exact) mass is 261 g/mol. The summed E-state index contributed by atoms with van der Waals surface area (Å²) in [5.41, 5.74) is 2.71. The topological polar surface area (TPSA) is 32.7 Å². The zero-order valence-corrected chi connectivity index (χ0v) is 11.8. The molecular formula is C16H23NO2. The molecule has 1 aliphatic carbocycles. The van der Waals surface area contributed by atoms with Crippen LogP contribution in [0.1, 0.15) is 43.4 Å². The number of phenols is 1. The Kier molecular flexibility index (Phi) is 3.50. The summed E-state index contributed by atoms with van der Waals surface area (Å²) in [6, 6.07) is 6.76. The van der Waals surface area contributed by atoms with E-state index in [1.165, 1.54) is 24.0 Å². The second-order valence-corrected chi connectivity index (χ2v) is 5.89. The van der Waals surface area contributed by atoms with Crippen LogP contribution in [-0.4, -0.2) is 35.8 Å². The number of benzene rings is 1. The van der Waals surface area contributed by atoms with Crippen LogP contribution in [0.15, 0.2) is 18.2 Å². The lowest BCUT2D eigenvalue weighted by molar-refractivity contribution is 0.0632. The molecule has 1 fully saturated rings. The first-order valence-electron chi connectivity index (χ1n) is 7.32. The molecule has 0 amide bonds. The Morgan fingerprint density at radius 3 is 2.89 bits per heavy atom. The van der Waals surface area contributed by atoms with Gasteiger partial charge < -0.3 is 9.84 Å². The summed E-state index contributed by atoms with van der Waals surface area (Å²) in [5.74, 6) is 0.384. The highest BCUT2D eigenvalue weighted by Gasteiger charge is 2.34. The molecule has 3 atom stereocenters. The number of phenolic OH excluding ortho intramolecular Hbond substituents is 1. The van der Waals surface area contributed by atoms with Crippen molar-refractivity contribution in [2.45, 2.75) is 50.8 Å². The minimum absolute atomic E-state index is 0.313.